The summed E-state index contributed by atoms with van der Waals surface area (Å²) in [5.74, 6) is 0.777. The molecule has 0 spiro atoms. The van der Waals surface area contributed by atoms with E-state index >= 15 is 0 Å². The fourth-order valence-electron chi connectivity index (χ4n) is 2.12. The van der Waals surface area contributed by atoms with Crippen LogP contribution in [0.1, 0.15) is 23.9 Å². The molecule has 0 radical (unpaired) electrons. The van der Waals surface area contributed by atoms with Crippen LogP contribution < -0.4 is 4.74 Å². The lowest BCUT2D eigenvalue weighted by Gasteiger charge is -2.11. The van der Waals surface area contributed by atoms with Crippen molar-refractivity contribution in [2.24, 2.45) is 0 Å². The Kier molecular flexibility index (Phi) is 5.04. The first-order valence-electron chi connectivity index (χ1n) is 6.70. The van der Waals surface area contributed by atoms with Crippen LogP contribution >= 0.6 is 11.6 Å². The van der Waals surface area contributed by atoms with Crippen LogP contribution in [0.5, 0.6) is 5.75 Å². The number of benzene rings is 1. The van der Waals surface area contributed by atoms with Crippen molar-refractivity contribution in [2.75, 3.05) is 6.61 Å². The van der Waals surface area contributed by atoms with Gasteiger partial charge < -0.3 is 9.84 Å². The number of aromatic nitrogens is 2. The lowest BCUT2D eigenvalue weighted by molar-refractivity contribution is 0.277. The zero-order valence-electron chi connectivity index (χ0n) is 11.8. The molecule has 2 rings (SSSR count). The molecule has 1 heterocycles. The van der Waals surface area contributed by atoms with Crippen molar-refractivity contribution in [3.8, 4) is 5.75 Å². The summed E-state index contributed by atoms with van der Waals surface area (Å²) in [4.78, 5) is 0. The predicted octanol–water partition coefficient (Wildman–Crippen LogP) is 2.98. The van der Waals surface area contributed by atoms with E-state index in [0.29, 0.717) is 18.1 Å². The predicted molar refractivity (Wildman–Crippen MR) is 79.2 cm³/mol. The number of nitrogens with zero attached hydrogens (tertiary/aromatic N) is 2. The largest absolute Gasteiger partial charge is 0.487 e. The van der Waals surface area contributed by atoms with Gasteiger partial charge in [-0.05, 0) is 31.9 Å². The lowest BCUT2D eigenvalue weighted by atomic mass is 10.1. The molecule has 5 heteroatoms. The van der Waals surface area contributed by atoms with Crippen LogP contribution in [-0.2, 0) is 19.6 Å². The Morgan fingerprint density at radius 3 is 2.80 bits per heavy atom. The van der Waals surface area contributed by atoms with Gasteiger partial charge in [0.25, 0.3) is 0 Å². The van der Waals surface area contributed by atoms with E-state index in [4.69, 9.17) is 21.4 Å². The van der Waals surface area contributed by atoms with Gasteiger partial charge in [-0.1, -0.05) is 29.8 Å². The van der Waals surface area contributed by atoms with E-state index in [1.54, 1.807) is 0 Å². The standard InChI is InChI=1S/C15H19ClN2O2/c1-3-18-13(15(16)11(2)17-18)10-20-14-7-5-4-6-12(14)8-9-19/h4-7,19H,3,8-10H2,1-2H3. The minimum atomic E-state index is 0.104. The molecular formula is C15H19ClN2O2. The van der Waals surface area contributed by atoms with Crippen LogP contribution in [0, 0.1) is 6.92 Å². The van der Waals surface area contributed by atoms with Crippen molar-refractivity contribution >= 4 is 11.6 Å². The van der Waals surface area contributed by atoms with E-state index in [1.807, 2.05) is 42.8 Å². The number of halogens is 1. The Hall–Kier alpha value is -1.52. The Morgan fingerprint density at radius 1 is 1.35 bits per heavy atom. The fraction of sp³-hybridized carbons (Fsp3) is 0.400. The van der Waals surface area contributed by atoms with Crippen molar-refractivity contribution in [1.82, 2.24) is 9.78 Å². The summed E-state index contributed by atoms with van der Waals surface area (Å²) in [5.41, 5.74) is 2.69. The summed E-state index contributed by atoms with van der Waals surface area (Å²) < 4.78 is 7.71. The maximum Gasteiger partial charge on any atom is 0.131 e. The van der Waals surface area contributed by atoms with Crippen molar-refractivity contribution in [3.63, 3.8) is 0 Å². The van der Waals surface area contributed by atoms with Crippen LogP contribution in [0.2, 0.25) is 5.02 Å². The molecule has 1 aromatic heterocycles. The maximum atomic E-state index is 9.07. The van der Waals surface area contributed by atoms with E-state index in [1.165, 1.54) is 0 Å². The molecule has 2 aromatic rings. The summed E-state index contributed by atoms with van der Waals surface area (Å²) in [7, 11) is 0. The summed E-state index contributed by atoms with van der Waals surface area (Å²) in [6, 6.07) is 7.71. The van der Waals surface area contributed by atoms with Crippen LogP contribution in [0.3, 0.4) is 0 Å². The van der Waals surface area contributed by atoms with Gasteiger partial charge in [0.15, 0.2) is 0 Å². The highest BCUT2D eigenvalue weighted by Gasteiger charge is 2.13. The Morgan fingerprint density at radius 2 is 2.10 bits per heavy atom. The Balaban J connectivity index is 2.17. The number of ether oxygens (including phenoxy) is 1. The normalized spacial score (nSPS) is 10.8. The third-order valence-corrected chi connectivity index (χ3v) is 3.66. The molecular weight excluding hydrogens is 276 g/mol. The SMILES string of the molecule is CCn1nc(C)c(Cl)c1COc1ccccc1CCO. The summed E-state index contributed by atoms with van der Waals surface area (Å²) in [6.07, 6.45) is 0.579. The van der Waals surface area contributed by atoms with Crippen molar-refractivity contribution in [2.45, 2.75) is 33.4 Å². The molecule has 0 aliphatic carbocycles. The first kappa shape index (κ1) is 14.9. The maximum absolute atomic E-state index is 9.07. The van der Waals surface area contributed by atoms with Crippen molar-refractivity contribution < 1.29 is 9.84 Å². The molecule has 4 nitrogen and oxygen atoms in total. The third kappa shape index (κ3) is 3.14. The van der Waals surface area contributed by atoms with Gasteiger partial charge in [0.2, 0.25) is 0 Å². The fourth-order valence-corrected chi connectivity index (χ4v) is 2.31. The highest BCUT2D eigenvalue weighted by Crippen LogP contribution is 2.24. The summed E-state index contributed by atoms with van der Waals surface area (Å²) in [5, 5.41) is 14.1. The number of hydrogen-bond donors (Lipinski definition) is 1. The number of hydrogen-bond acceptors (Lipinski definition) is 3. The van der Waals surface area contributed by atoms with E-state index in [9.17, 15) is 0 Å². The number of aliphatic hydroxyl groups excluding tert-OH is 1. The second-order valence-corrected chi connectivity index (χ2v) is 4.91. The lowest BCUT2D eigenvalue weighted by Crippen LogP contribution is -2.07. The highest BCUT2D eigenvalue weighted by atomic mass is 35.5. The van der Waals surface area contributed by atoms with Crippen LogP contribution in [0.15, 0.2) is 24.3 Å². The Labute approximate surface area is 123 Å². The van der Waals surface area contributed by atoms with E-state index in [-0.39, 0.29) is 6.61 Å². The minimum absolute atomic E-state index is 0.104. The van der Waals surface area contributed by atoms with Crippen LogP contribution in [0.4, 0.5) is 0 Å². The monoisotopic (exact) mass is 294 g/mol. The number of rotatable bonds is 6. The number of aliphatic hydroxyl groups is 1. The first-order valence-corrected chi connectivity index (χ1v) is 7.08. The van der Waals surface area contributed by atoms with Gasteiger partial charge in [-0.25, -0.2) is 0 Å². The molecule has 0 saturated carbocycles. The van der Waals surface area contributed by atoms with E-state index in [2.05, 4.69) is 5.10 Å². The van der Waals surface area contributed by atoms with Gasteiger partial charge in [-0.15, -0.1) is 0 Å². The average molecular weight is 295 g/mol. The van der Waals surface area contributed by atoms with Crippen molar-refractivity contribution in [3.05, 3.63) is 46.2 Å². The van der Waals surface area contributed by atoms with E-state index in [0.717, 1.165) is 29.2 Å². The molecule has 0 unspecified atom stereocenters. The van der Waals surface area contributed by atoms with Gasteiger partial charge in [-0.2, -0.15) is 5.10 Å². The molecule has 0 fully saturated rings. The molecule has 108 valence electrons. The number of aryl methyl sites for hydroxylation is 2. The minimum Gasteiger partial charge on any atom is -0.487 e. The molecule has 20 heavy (non-hydrogen) atoms. The summed E-state index contributed by atoms with van der Waals surface area (Å²) in [6.45, 7) is 5.14. The molecule has 0 saturated heterocycles. The first-order chi connectivity index (χ1) is 9.67. The van der Waals surface area contributed by atoms with Gasteiger partial charge in [-0.3, -0.25) is 4.68 Å². The molecule has 1 aromatic carbocycles. The molecule has 1 N–H and O–H groups in total. The smallest absolute Gasteiger partial charge is 0.131 e. The Bertz CT molecular complexity index is 581. The van der Waals surface area contributed by atoms with E-state index < -0.39 is 0 Å². The zero-order chi connectivity index (χ0) is 14.5. The summed E-state index contributed by atoms with van der Waals surface area (Å²) >= 11 is 6.26. The molecule has 0 atom stereocenters. The van der Waals surface area contributed by atoms with Crippen LogP contribution in [-0.4, -0.2) is 21.5 Å². The van der Waals surface area contributed by atoms with Crippen LogP contribution in [0.25, 0.3) is 0 Å². The molecule has 0 bridgehead atoms. The molecule has 0 aliphatic heterocycles. The molecule has 0 amide bonds. The van der Waals surface area contributed by atoms with Gasteiger partial charge >= 0.3 is 0 Å². The zero-order valence-corrected chi connectivity index (χ0v) is 12.5. The second kappa shape index (κ2) is 6.77. The number of para-hydroxylation sites is 1. The topological polar surface area (TPSA) is 47.3 Å². The second-order valence-electron chi connectivity index (χ2n) is 4.53. The van der Waals surface area contributed by atoms with Gasteiger partial charge in [0.1, 0.15) is 12.4 Å². The van der Waals surface area contributed by atoms with Gasteiger partial charge in [0, 0.05) is 13.2 Å². The van der Waals surface area contributed by atoms with Gasteiger partial charge in [0.05, 0.1) is 16.4 Å². The average Bonchev–Trinajstić information content (AvgIpc) is 2.74. The van der Waals surface area contributed by atoms with Crippen molar-refractivity contribution in [1.29, 1.82) is 0 Å². The quantitative estimate of drug-likeness (QED) is 0.891. The molecule has 0 aliphatic rings. The highest BCUT2D eigenvalue weighted by molar-refractivity contribution is 6.31. The third-order valence-electron chi connectivity index (χ3n) is 3.17.